The average molecular weight is 265 g/mol. The smallest absolute Gasteiger partial charge is 0.0702 e. The molecule has 20 heavy (non-hydrogen) atoms. The van der Waals surface area contributed by atoms with Gasteiger partial charge in [-0.15, -0.1) is 0 Å². The number of hydrogen-bond acceptors (Lipinski definition) is 1. The van der Waals surface area contributed by atoms with E-state index in [-0.39, 0.29) is 6.61 Å². The molecular weight excluding hydrogens is 246 g/mol. The molecule has 102 valence electrons. The molecule has 2 aromatic carbocycles. The van der Waals surface area contributed by atoms with Crippen LogP contribution in [0.5, 0.6) is 0 Å². The summed E-state index contributed by atoms with van der Waals surface area (Å²) in [5.41, 5.74) is 6.05. The summed E-state index contributed by atoms with van der Waals surface area (Å²) in [6, 6.07) is 14.9. The Labute approximate surface area is 119 Å². The summed E-state index contributed by atoms with van der Waals surface area (Å²) in [4.78, 5) is 0. The lowest BCUT2D eigenvalue weighted by atomic mass is 10.1. The molecule has 0 atom stereocenters. The fourth-order valence-electron chi connectivity index (χ4n) is 2.94. The lowest BCUT2D eigenvalue weighted by Gasteiger charge is -2.08. The minimum absolute atomic E-state index is 0.0837. The molecule has 0 bridgehead atoms. The Balaban J connectivity index is 2.06. The van der Waals surface area contributed by atoms with Crippen molar-refractivity contribution in [3.05, 3.63) is 70.9 Å². The third kappa shape index (κ3) is 2.35. The Hall–Kier alpha value is -2.06. The third-order valence-corrected chi connectivity index (χ3v) is 3.68. The van der Waals surface area contributed by atoms with Gasteiger partial charge >= 0.3 is 0 Å². The standard InChI is InChI=1S/C18H19NO/c1-13-7-14(2)9-15(8-13)10-19-11-16(12-20)17-5-3-4-6-18(17)19/h3-9,11,20H,10,12H2,1-2H3. The monoisotopic (exact) mass is 265 g/mol. The van der Waals surface area contributed by atoms with Crippen molar-refractivity contribution >= 4 is 10.9 Å². The fourth-order valence-corrected chi connectivity index (χ4v) is 2.94. The molecule has 0 saturated heterocycles. The van der Waals surface area contributed by atoms with E-state index in [0.29, 0.717) is 0 Å². The predicted octanol–water partition coefficient (Wildman–Crippen LogP) is 3.80. The van der Waals surface area contributed by atoms with Crippen LogP contribution in [0, 0.1) is 13.8 Å². The van der Waals surface area contributed by atoms with Crippen molar-refractivity contribution in [3.63, 3.8) is 0 Å². The second kappa shape index (κ2) is 5.14. The number of para-hydroxylation sites is 1. The third-order valence-electron chi connectivity index (χ3n) is 3.68. The fraction of sp³-hybridized carbons (Fsp3) is 0.222. The number of nitrogens with zero attached hydrogens (tertiary/aromatic N) is 1. The number of aromatic nitrogens is 1. The lowest BCUT2D eigenvalue weighted by molar-refractivity contribution is 0.283. The SMILES string of the molecule is Cc1cc(C)cc(Cn2cc(CO)c3ccccc32)c1. The minimum Gasteiger partial charge on any atom is -0.392 e. The molecular formula is C18H19NO. The van der Waals surface area contributed by atoms with Gasteiger partial charge in [-0.1, -0.05) is 47.5 Å². The maximum atomic E-state index is 9.49. The number of rotatable bonds is 3. The topological polar surface area (TPSA) is 25.2 Å². The van der Waals surface area contributed by atoms with Crippen LogP contribution in [0.4, 0.5) is 0 Å². The van der Waals surface area contributed by atoms with Gasteiger partial charge in [-0.3, -0.25) is 0 Å². The first kappa shape index (κ1) is 12.9. The van der Waals surface area contributed by atoms with Gasteiger partial charge in [-0.25, -0.2) is 0 Å². The number of benzene rings is 2. The van der Waals surface area contributed by atoms with E-state index in [4.69, 9.17) is 0 Å². The van der Waals surface area contributed by atoms with Crippen molar-refractivity contribution in [3.8, 4) is 0 Å². The molecule has 0 spiro atoms. The van der Waals surface area contributed by atoms with E-state index in [1.807, 2.05) is 12.1 Å². The van der Waals surface area contributed by atoms with E-state index in [1.165, 1.54) is 22.2 Å². The van der Waals surface area contributed by atoms with E-state index < -0.39 is 0 Å². The van der Waals surface area contributed by atoms with E-state index in [1.54, 1.807) is 0 Å². The molecule has 0 aliphatic carbocycles. The summed E-state index contributed by atoms with van der Waals surface area (Å²) in [6.45, 7) is 5.18. The molecule has 1 heterocycles. The molecule has 3 aromatic rings. The van der Waals surface area contributed by atoms with Crippen molar-refractivity contribution in [2.24, 2.45) is 0 Å². The predicted molar refractivity (Wildman–Crippen MR) is 82.9 cm³/mol. The maximum Gasteiger partial charge on any atom is 0.0702 e. The van der Waals surface area contributed by atoms with Crippen LogP contribution in [-0.4, -0.2) is 9.67 Å². The average Bonchev–Trinajstić information content (AvgIpc) is 2.76. The first-order valence-electron chi connectivity index (χ1n) is 6.92. The zero-order valence-electron chi connectivity index (χ0n) is 11.9. The molecule has 3 rings (SSSR count). The van der Waals surface area contributed by atoms with Crippen LogP contribution in [0.1, 0.15) is 22.3 Å². The molecule has 0 unspecified atom stereocenters. The van der Waals surface area contributed by atoms with Gasteiger partial charge in [0.2, 0.25) is 0 Å². The van der Waals surface area contributed by atoms with Gasteiger partial charge in [-0.2, -0.15) is 0 Å². The van der Waals surface area contributed by atoms with Crippen LogP contribution < -0.4 is 0 Å². The molecule has 1 N–H and O–H groups in total. The van der Waals surface area contributed by atoms with Crippen LogP contribution >= 0.6 is 0 Å². The highest BCUT2D eigenvalue weighted by Crippen LogP contribution is 2.22. The lowest BCUT2D eigenvalue weighted by Crippen LogP contribution is -1.98. The van der Waals surface area contributed by atoms with Gasteiger partial charge in [0.15, 0.2) is 0 Å². The van der Waals surface area contributed by atoms with Crippen molar-refractivity contribution in [2.45, 2.75) is 27.0 Å². The van der Waals surface area contributed by atoms with Crippen molar-refractivity contribution in [1.82, 2.24) is 4.57 Å². The quantitative estimate of drug-likeness (QED) is 0.765. The molecule has 0 aliphatic heterocycles. The van der Waals surface area contributed by atoms with E-state index in [0.717, 1.165) is 17.5 Å². The molecule has 0 amide bonds. The first-order valence-corrected chi connectivity index (χ1v) is 6.92. The van der Waals surface area contributed by atoms with Gasteiger partial charge in [0.25, 0.3) is 0 Å². The van der Waals surface area contributed by atoms with Gasteiger partial charge < -0.3 is 9.67 Å². The Morgan fingerprint density at radius 3 is 2.40 bits per heavy atom. The van der Waals surface area contributed by atoms with Gasteiger partial charge in [0.1, 0.15) is 0 Å². The highest BCUT2D eigenvalue weighted by molar-refractivity contribution is 5.83. The van der Waals surface area contributed by atoms with Crippen LogP contribution in [-0.2, 0) is 13.2 Å². The van der Waals surface area contributed by atoms with E-state index >= 15 is 0 Å². The first-order chi connectivity index (χ1) is 9.67. The summed E-state index contributed by atoms with van der Waals surface area (Å²) in [5, 5.41) is 10.6. The van der Waals surface area contributed by atoms with Crippen LogP contribution in [0.15, 0.2) is 48.7 Å². The zero-order chi connectivity index (χ0) is 14.1. The van der Waals surface area contributed by atoms with Crippen molar-refractivity contribution in [1.29, 1.82) is 0 Å². The second-order valence-electron chi connectivity index (χ2n) is 5.45. The zero-order valence-corrected chi connectivity index (χ0v) is 11.9. The number of hydrogen-bond donors (Lipinski definition) is 1. The van der Waals surface area contributed by atoms with Gasteiger partial charge in [0.05, 0.1) is 6.61 Å². The summed E-state index contributed by atoms with van der Waals surface area (Å²) in [5.74, 6) is 0. The molecule has 1 aromatic heterocycles. The molecule has 0 fully saturated rings. The van der Waals surface area contributed by atoms with E-state index in [2.05, 4.69) is 54.9 Å². The number of fused-ring (bicyclic) bond motifs is 1. The number of aliphatic hydroxyl groups excluding tert-OH is 1. The van der Waals surface area contributed by atoms with Crippen LogP contribution in [0.25, 0.3) is 10.9 Å². The number of aryl methyl sites for hydroxylation is 2. The molecule has 0 saturated carbocycles. The highest BCUT2D eigenvalue weighted by atomic mass is 16.3. The Morgan fingerprint density at radius 2 is 1.70 bits per heavy atom. The second-order valence-corrected chi connectivity index (χ2v) is 5.45. The normalized spacial score (nSPS) is 11.2. The van der Waals surface area contributed by atoms with Crippen molar-refractivity contribution in [2.75, 3.05) is 0 Å². The summed E-state index contributed by atoms with van der Waals surface area (Å²) in [6.07, 6.45) is 2.06. The molecule has 0 radical (unpaired) electrons. The minimum atomic E-state index is 0.0837. The Bertz CT molecular complexity index is 735. The molecule has 0 aliphatic rings. The largest absolute Gasteiger partial charge is 0.392 e. The summed E-state index contributed by atoms with van der Waals surface area (Å²) < 4.78 is 2.22. The molecule has 2 nitrogen and oxygen atoms in total. The maximum absolute atomic E-state index is 9.49. The van der Waals surface area contributed by atoms with Crippen LogP contribution in [0.3, 0.4) is 0 Å². The Morgan fingerprint density at radius 1 is 1.00 bits per heavy atom. The van der Waals surface area contributed by atoms with Crippen LogP contribution in [0.2, 0.25) is 0 Å². The van der Waals surface area contributed by atoms with Crippen molar-refractivity contribution < 1.29 is 5.11 Å². The number of aliphatic hydroxyl groups is 1. The van der Waals surface area contributed by atoms with E-state index in [9.17, 15) is 5.11 Å². The Kier molecular flexibility index (Phi) is 3.33. The highest BCUT2D eigenvalue weighted by Gasteiger charge is 2.07. The summed E-state index contributed by atoms with van der Waals surface area (Å²) in [7, 11) is 0. The molecule has 2 heteroatoms. The van der Waals surface area contributed by atoms with Gasteiger partial charge in [-0.05, 0) is 25.5 Å². The summed E-state index contributed by atoms with van der Waals surface area (Å²) >= 11 is 0. The van der Waals surface area contributed by atoms with Gasteiger partial charge in [0, 0.05) is 29.2 Å².